The fourth-order valence-corrected chi connectivity index (χ4v) is 2.52. The second kappa shape index (κ2) is 5.16. The van der Waals surface area contributed by atoms with E-state index in [1.807, 2.05) is 6.92 Å². The Bertz CT molecular complexity index is 419. The zero-order valence-electron chi connectivity index (χ0n) is 10.5. The summed E-state index contributed by atoms with van der Waals surface area (Å²) >= 11 is 0. The van der Waals surface area contributed by atoms with Gasteiger partial charge < -0.3 is 0 Å². The van der Waals surface area contributed by atoms with Crippen molar-refractivity contribution < 1.29 is 13.6 Å². The van der Waals surface area contributed by atoms with E-state index >= 15 is 0 Å². The molecule has 0 aliphatic heterocycles. The van der Waals surface area contributed by atoms with Gasteiger partial charge in [0.1, 0.15) is 0 Å². The molecule has 0 N–H and O–H groups in total. The van der Waals surface area contributed by atoms with Crippen molar-refractivity contribution in [3.63, 3.8) is 0 Å². The number of hydrogen-bond donors (Lipinski definition) is 0. The van der Waals surface area contributed by atoms with Crippen molar-refractivity contribution >= 4 is 6.29 Å². The molecule has 2 rings (SSSR count). The van der Waals surface area contributed by atoms with E-state index in [4.69, 9.17) is 0 Å². The highest BCUT2D eigenvalue weighted by Crippen LogP contribution is 2.40. The number of nitrogens with zero attached hydrogens (tertiary/aromatic N) is 2. The third-order valence-corrected chi connectivity index (χ3v) is 3.50. The first kappa shape index (κ1) is 13.2. The van der Waals surface area contributed by atoms with Crippen molar-refractivity contribution in [3.05, 3.63) is 17.5 Å². The van der Waals surface area contributed by atoms with E-state index in [0.717, 1.165) is 19.3 Å². The highest BCUT2D eigenvalue weighted by molar-refractivity contribution is 5.76. The molecule has 100 valence electrons. The van der Waals surface area contributed by atoms with E-state index in [1.54, 1.807) is 10.9 Å². The fourth-order valence-electron chi connectivity index (χ4n) is 2.52. The van der Waals surface area contributed by atoms with Crippen LogP contribution in [0.2, 0.25) is 0 Å². The van der Waals surface area contributed by atoms with E-state index in [9.17, 15) is 13.6 Å². The van der Waals surface area contributed by atoms with Crippen LogP contribution in [0.1, 0.15) is 61.0 Å². The summed E-state index contributed by atoms with van der Waals surface area (Å²) in [6, 6.07) is 0. The fraction of sp³-hybridized carbons (Fsp3) is 0.692. The van der Waals surface area contributed by atoms with E-state index in [0.29, 0.717) is 24.1 Å². The number of alkyl halides is 2. The van der Waals surface area contributed by atoms with Gasteiger partial charge in [-0.15, -0.1) is 0 Å². The Morgan fingerprint density at radius 3 is 2.72 bits per heavy atom. The van der Waals surface area contributed by atoms with Crippen molar-refractivity contribution in [2.24, 2.45) is 0 Å². The minimum Gasteiger partial charge on any atom is -0.298 e. The van der Waals surface area contributed by atoms with Gasteiger partial charge in [-0.3, -0.25) is 9.48 Å². The molecule has 0 amide bonds. The molecular formula is C13H18F2N2O. The Morgan fingerprint density at radius 2 is 2.17 bits per heavy atom. The monoisotopic (exact) mass is 256 g/mol. The lowest BCUT2D eigenvalue weighted by Gasteiger charge is -2.27. The summed E-state index contributed by atoms with van der Waals surface area (Å²) in [5.41, 5.74) is 1.26. The molecule has 1 aliphatic carbocycles. The molecule has 1 aromatic heterocycles. The summed E-state index contributed by atoms with van der Waals surface area (Å²) < 4.78 is 28.0. The minimum atomic E-state index is -2.54. The van der Waals surface area contributed by atoms with E-state index in [-0.39, 0.29) is 18.8 Å². The molecule has 1 aromatic rings. The van der Waals surface area contributed by atoms with Crippen LogP contribution in [0, 0.1) is 0 Å². The lowest BCUT2D eigenvalue weighted by molar-refractivity contribution is -0.0385. The topological polar surface area (TPSA) is 34.9 Å². The molecule has 0 atom stereocenters. The maximum atomic E-state index is 13.1. The summed E-state index contributed by atoms with van der Waals surface area (Å²) in [6.07, 6.45) is 4.06. The summed E-state index contributed by atoms with van der Waals surface area (Å²) in [5.74, 6) is -2.54. The molecule has 1 heterocycles. The highest BCUT2D eigenvalue weighted by Gasteiger charge is 2.36. The zero-order chi connectivity index (χ0) is 13.2. The Kier molecular flexibility index (Phi) is 3.78. The summed E-state index contributed by atoms with van der Waals surface area (Å²) in [5, 5.41) is 4.38. The number of aryl methyl sites for hydroxylation is 1. The predicted molar refractivity (Wildman–Crippen MR) is 64.1 cm³/mol. The summed E-state index contributed by atoms with van der Waals surface area (Å²) in [4.78, 5) is 11.0. The minimum absolute atomic E-state index is 0.00271. The van der Waals surface area contributed by atoms with E-state index in [2.05, 4.69) is 5.10 Å². The van der Waals surface area contributed by atoms with Crippen LogP contribution >= 0.6 is 0 Å². The van der Waals surface area contributed by atoms with Crippen LogP contribution in [-0.4, -0.2) is 22.0 Å². The van der Waals surface area contributed by atoms with E-state index < -0.39 is 5.92 Å². The molecule has 0 saturated heterocycles. The lowest BCUT2D eigenvalue weighted by atomic mass is 9.84. The Balaban J connectivity index is 2.15. The van der Waals surface area contributed by atoms with Gasteiger partial charge in [-0.1, -0.05) is 6.92 Å². The third-order valence-electron chi connectivity index (χ3n) is 3.50. The maximum absolute atomic E-state index is 13.1. The van der Waals surface area contributed by atoms with Crippen molar-refractivity contribution in [3.8, 4) is 0 Å². The Hall–Kier alpha value is -1.26. The second-order valence-electron chi connectivity index (χ2n) is 4.98. The van der Waals surface area contributed by atoms with Crippen LogP contribution in [0.4, 0.5) is 8.78 Å². The van der Waals surface area contributed by atoms with Crippen molar-refractivity contribution in [2.75, 3.05) is 0 Å². The summed E-state index contributed by atoms with van der Waals surface area (Å²) in [7, 11) is 0. The number of carbonyl (C=O) groups excluding carboxylic acids is 1. The molecule has 0 spiro atoms. The first-order valence-electron chi connectivity index (χ1n) is 6.46. The number of hydrogen-bond acceptors (Lipinski definition) is 2. The van der Waals surface area contributed by atoms with Crippen LogP contribution < -0.4 is 0 Å². The van der Waals surface area contributed by atoms with Gasteiger partial charge in [-0.2, -0.15) is 5.10 Å². The van der Waals surface area contributed by atoms with Gasteiger partial charge in [0.25, 0.3) is 0 Å². The van der Waals surface area contributed by atoms with Crippen molar-refractivity contribution in [1.82, 2.24) is 9.78 Å². The predicted octanol–water partition coefficient (Wildman–Crippen LogP) is 3.40. The van der Waals surface area contributed by atoms with Gasteiger partial charge in [-0.25, -0.2) is 8.78 Å². The molecule has 3 nitrogen and oxygen atoms in total. The second-order valence-corrected chi connectivity index (χ2v) is 4.98. The van der Waals surface area contributed by atoms with Gasteiger partial charge in [0, 0.05) is 31.5 Å². The number of aromatic nitrogens is 2. The average Bonchev–Trinajstić information content (AvgIpc) is 2.73. The van der Waals surface area contributed by atoms with Crippen LogP contribution in [0.3, 0.4) is 0 Å². The van der Waals surface area contributed by atoms with E-state index in [1.165, 1.54) is 0 Å². The molecular weight excluding hydrogens is 238 g/mol. The molecule has 18 heavy (non-hydrogen) atoms. The molecule has 1 aliphatic rings. The SMILES string of the molecule is CCCn1cc(C=O)c(C2CCC(F)(F)CC2)n1. The first-order chi connectivity index (χ1) is 8.55. The summed E-state index contributed by atoms with van der Waals surface area (Å²) in [6.45, 7) is 2.78. The Morgan fingerprint density at radius 1 is 1.50 bits per heavy atom. The molecule has 0 radical (unpaired) electrons. The van der Waals surface area contributed by atoms with Crippen molar-refractivity contribution in [1.29, 1.82) is 0 Å². The number of rotatable bonds is 4. The number of halogens is 2. The van der Waals surface area contributed by atoms with Crippen LogP contribution in [0.25, 0.3) is 0 Å². The van der Waals surface area contributed by atoms with Gasteiger partial charge in [0.2, 0.25) is 5.92 Å². The Labute approximate surface area is 105 Å². The van der Waals surface area contributed by atoms with Gasteiger partial charge in [0.05, 0.1) is 11.3 Å². The molecule has 1 saturated carbocycles. The standard InChI is InChI=1S/C13H18F2N2O/c1-2-7-17-8-11(9-18)12(16-17)10-3-5-13(14,15)6-4-10/h8-10H,2-7H2,1H3. The molecule has 0 bridgehead atoms. The van der Waals surface area contributed by atoms with Gasteiger partial charge in [0.15, 0.2) is 6.29 Å². The quantitative estimate of drug-likeness (QED) is 0.774. The first-order valence-corrected chi connectivity index (χ1v) is 6.46. The van der Waals surface area contributed by atoms with Crippen LogP contribution in [-0.2, 0) is 6.54 Å². The molecule has 5 heteroatoms. The number of carbonyl (C=O) groups is 1. The lowest BCUT2D eigenvalue weighted by Crippen LogP contribution is -2.24. The maximum Gasteiger partial charge on any atom is 0.248 e. The smallest absolute Gasteiger partial charge is 0.248 e. The third kappa shape index (κ3) is 2.76. The van der Waals surface area contributed by atoms with Crippen LogP contribution in [0.15, 0.2) is 6.20 Å². The molecule has 0 unspecified atom stereocenters. The van der Waals surface area contributed by atoms with Gasteiger partial charge >= 0.3 is 0 Å². The number of aldehydes is 1. The van der Waals surface area contributed by atoms with Crippen molar-refractivity contribution in [2.45, 2.75) is 57.4 Å². The highest BCUT2D eigenvalue weighted by atomic mass is 19.3. The molecule has 0 aromatic carbocycles. The van der Waals surface area contributed by atoms with Gasteiger partial charge in [-0.05, 0) is 19.3 Å². The van der Waals surface area contributed by atoms with Crippen LogP contribution in [0.5, 0.6) is 0 Å². The largest absolute Gasteiger partial charge is 0.298 e. The zero-order valence-corrected chi connectivity index (χ0v) is 10.5. The molecule has 1 fully saturated rings. The average molecular weight is 256 g/mol. The normalized spacial score (nSPS) is 19.9.